The topological polar surface area (TPSA) is 276 Å². The first-order chi connectivity index (χ1) is 24.8. The predicted molar refractivity (Wildman–Crippen MR) is 174 cm³/mol. The highest BCUT2D eigenvalue weighted by molar-refractivity contribution is 5.64. The summed E-state index contributed by atoms with van der Waals surface area (Å²) >= 11 is 0. The fourth-order valence-electron chi connectivity index (χ4n) is 7.21. The van der Waals surface area contributed by atoms with E-state index in [1.807, 2.05) is 0 Å². The Hall–Kier alpha value is -3.24. The molecule has 0 saturated carbocycles. The first kappa shape index (κ1) is 40.0. The van der Waals surface area contributed by atoms with Crippen LogP contribution in [0.1, 0.15) is 22.6 Å². The molecule has 18 nitrogen and oxygen atoms in total. The number of rotatable bonds is 13. The van der Waals surface area contributed by atoms with Crippen LogP contribution in [0.4, 0.5) is 0 Å². The standard InChI is InChI=1S/C34H48O18/c1-45-17-7-14(8-18(46-2)24(17)37)22-16(15(9-35)5-13-6-19(47-3)27(40)32(48-4)23(13)22)11-49-33-31(44)29(42)26(39)21(52-33)12-50-34-30(43)28(41)25(38)20(10-36)51-34/h6-8,15-16,20-22,25-26,28-31,33-44H,5,9-12H2,1-4H3/t15-,16-,20+,21+,22+,25-,26+,28-,29-,30+,31+,33+,34-/m0/s1. The third-order valence-corrected chi connectivity index (χ3v) is 10.1. The van der Waals surface area contributed by atoms with Gasteiger partial charge in [0.1, 0.15) is 48.8 Å². The number of benzene rings is 2. The highest BCUT2D eigenvalue weighted by Gasteiger charge is 2.49. The molecule has 5 rings (SSSR count). The van der Waals surface area contributed by atoms with Gasteiger partial charge in [-0.2, -0.15) is 0 Å². The van der Waals surface area contributed by atoms with E-state index in [0.29, 0.717) is 16.7 Å². The summed E-state index contributed by atoms with van der Waals surface area (Å²) in [6, 6.07) is 4.77. The quantitative estimate of drug-likeness (QED) is 0.103. The highest BCUT2D eigenvalue weighted by atomic mass is 16.7. The highest BCUT2D eigenvalue weighted by Crippen LogP contribution is 2.54. The molecule has 18 heteroatoms. The first-order valence-corrected chi connectivity index (χ1v) is 16.6. The molecule has 2 heterocycles. The zero-order chi connectivity index (χ0) is 38.0. The number of fused-ring (bicyclic) bond motifs is 1. The van der Waals surface area contributed by atoms with Gasteiger partial charge in [0.15, 0.2) is 35.6 Å². The number of aliphatic hydroxyl groups is 8. The third-order valence-electron chi connectivity index (χ3n) is 10.1. The minimum Gasteiger partial charge on any atom is -0.502 e. The summed E-state index contributed by atoms with van der Waals surface area (Å²) in [5.74, 6) is -2.10. The molecule has 2 aromatic rings. The van der Waals surface area contributed by atoms with Crippen molar-refractivity contribution in [3.8, 4) is 34.5 Å². The van der Waals surface area contributed by atoms with Crippen LogP contribution in [-0.4, -0.2) is 167 Å². The molecular formula is C34H48O18. The van der Waals surface area contributed by atoms with Crippen LogP contribution in [0.5, 0.6) is 34.5 Å². The van der Waals surface area contributed by atoms with Crippen LogP contribution in [0, 0.1) is 11.8 Å². The van der Waals surface area contributed by atoms with Gasteiger partial charge in [0.2, 0.25) is 11.5 Å². The molecule has 0 amide bonds. The fraction of sp³-hybridized carbons (Fsp3) is 0.647. The Morgan fingerprint density at radius 2 is 1.13 bits per heavy atom. The zero-order valence-corrected chi connectivity index (χ0v) is 29.0. The summed E-state index contributed by atoms with van der Waals surface area (Å²) in [5.41, 5.74) is 1.70. The molecule has 0 spiro atoms. The maximum atomic E-state index is 11.1. The second kappa shape index (κ2) is 16.8. The van der Waals surface area contributed by atoms with Gasteiger partial charge in [-0.05, 0) is 47.6 Å². The molecular weight excluding hydrogens is 696 g/mol. The number of hydrogen-bond donors (Lipinski definition) is 10. The van der Waals surface area contributed by atoms with Crippen LogP contribution in [0.15, 0.2) is 18.2 Å². The molecule has 292 valence electrons. The molecule has 0 unspecified atom stereocenters. The van der Waals surface area contributed by atoms with E-state index in [4.69, 9.17) is 37.9 Å². The van der Waals surface area contributed by atoms with Crippen LogP contribution in [0.25, 0.3) is 0 Å². The van der Waals surface area contributed by atoms with Crippen LogP contribution in [0.2, 0.25) is 0 Å². The molecule has 2 fully saturated rings. The van der Waals surface area contributed by atoms with Crippen molar-refractivity contribution >= 4 is 0 Å². The van der Waals surface area contributed by atoms with Gasteiger partial charge in [-0.15, -0.1) is 0 Å². The summed E-state index contributed by atoms with van der Waals surface area (Å²) in [6.07, 6.45) is -15.9. The minimum atomic E-state index is -1.80. The average molecular weight is 745 g/mol. The summed E-state index contributed by atoms with van der Waals surface area (Å²) in [5, 5.41) is 105. The van der Waals surface area contributed by atoms with Crippen molar-refractivity contribution in [2.45, 2.75) is 73.8 Å². The van der Waals surface area contributed by atoms with Gasteiger partial charge >= 0.3 is 0 Å². The largest absolute Gasteiger partial charge is 0.502 e. The molecule has 2 saturated heterocycles. The predicted octanol–water partition coefficient (Wildman–Crippen LogP) is -2.31. The van der Waals surface area contributed by atoms with E-state index < -0.39 is 92.4 Å². The van der Waals surface area contributed by atoms with Crippen molar-refractivity contribution < 1.29 is 89.0 Å². The lowest BCUT2D eigenvalue weighted by Crippen LogP contribution is -2.61. The normalized spacial score (nSPS) is 34.7. The summed E-state index contributed by atoms with van der Waals surface area (Å²) in [4.78, 5) is 0. The summed E-state index contributed by atoms with van der Waals surface area (Å²) in [6.45, 7) is -1.84. The van der Waals surface area contributed by atoms with Crippen molar-refractivity contribution in [1.82, 2.24) is 0 Å². The number of hydrogen-bond acceptors (Lipinski definition) is 18. The van der Waals surface area contributed by atoms with Gasteiger partial charge < -0.3 is 89.0 Å². The van der Waals surface area contributed by atoms with Gasteiger partial charge in [0, 0.05) is 18.1 Å². The lowest BCUT2D eigenvalue weighted by Gasteiger charge is -2.44. The van der Waals surface area contributed by atoms with E-state index in [9.17, 15) is 51.1 Å². The van der Waals surface area contributed by atoms with Crippen LogP contribution < -0.4 is 18.9 Å². The van der Waals surface area contributed by atoms with Crippen molar-refractivity contribution in [2.24, 2.45) is 11.8 Å². The number of aliphatic hydroxyl groups excluding tert-OH is 8. The Labute approximate surface area is 298 Å². The lowest BCUT2D eigenvalue weighted by atomic mass is 9.66. The second-order valence-corrected chi connectivity index (χ2v) is 13.0. The van der Waals surface area contributed by atoms with Gasteiger partial charge in [0.25, 0.3) is 0 Å². The number of ether oxygens (including phenoxy) is 8. The maximum Gasteiger partial charge on any atom is 0.201 e. The summed E-state index contributed by atoms with van der Waals surface area (Å²) < 4.78 is 44.7. The van der Waals surface area contributed by atoms with Crippen molar-refractivity contribution in [1.29, 1.82) is 0 Å². The molecule has 0 radical (unpaired) electrons. The Bertz CT molecular complexity index is 1480. The van der Waals surface area contributed by atoms with Crippen LogP contribution in [0.3, 0.4) is 0 Å². The van der Waals surface area contributed by atoms with Gasteiger partial charge in [0.05, 0.1) is 48.3 Å². The van der Waals surface area contributed by atoms with E-state index in [0.717, 1.165) is 0 Å². The fourth-order valence-corrected chi connectivity index (χ4v) is 7.21. The van der Waals surface area contributed by atoms with Crippen molar-refractivity contribution in [3.05, 3.63) is 34.9 Å². The zero-order valence-electron chi connectivity index (χ0n) is 29.0. The van der Waals surface area contributed by atoms with Crippen molar-refractivity contribution in [2.75, 3.05) is 54.9 Å². The molecule has 0 aromatic heterocycles. The molecule has 13 atom stereocenters. The third kappa shape index (κ3) is 7.43. The van der Waals surface area contributed by atoms with Gasteiger partial charge in [-0.3, -0.25) is 0 Å². The Kier molecular flexibility index (Phi) is 12.9. The molecule has 0 bridgehead atoms. The monoisotopic (exact) mass is 744 g/mol. The minimum absolute atomic E-state index is 0.0729. The molecule has 52 heavy (non-hydrogen) atoms. The Morgan fingerprint density at radius 1 is 0.615 bits per heavy atom. The number of aromatic hydroxyl groups is 2. The van der Waals surface area contributed by atoms with Crippen LogP contribution in [-0.2, 0) is 25.4 Å². The van der Waals surface area contributed by atoms with Gasteiger partial charge in [-0.25, -0.2) is 0 Å². The molecule has 3 aliphatic rings. The maximum absolute atomic E-state index is 11.1. The Balaban J connectivity index is 1.46. The van der Waals surface area contributed by atoms with E-state index >= 15 is 0 Å². The van der Waals surface area contributed by atoms with E-state index in [2.05, 4.69) is 0 Å². The molecule has 2 aromatic carbocycles. The Morgan fingerprint density at radius 3 is 1.65 bits per heavy atom. The SMILES string of the molecule is COc1cc([C@H]2c3c(cc(OC)c(O)c3OC)C[C@@H](CO)[C@@H]2CO[C@@H]2O[C@H](CO[C@H]3O[C@H](CO)[C@H](O)[C@H](O)[C@H]3O)[C@@H](O)[C@H](O)[C@H]2O)cc(OC)c1O. The number of phenols is 2. The molecule has 2 aliphatic heterocycles. The molecule has 1 aliphatic carbocycles. The molecule has 10 N–H and O–H groups in total. The number of methoxy groups -OCH3 is 4. The first-order valence-electron chi connectivity index (χ1n) is 16.6. The number of phenolic OH excluding ortho intramolecular Hbond substituents is 2. The van der Waals surface area contributed by atoms with E-state index in [-0.39, 0.29) is 54.1 Å². The smallest absolute Gasteiger partial charge is 0.201 e. The second-order valence-electron chi connectivity index (χ2n) is 13.0. The van der Waals surface area contributed by atoms with Crippen LogP contribution >= 0.6 is 0 Å². The van der Waals surface area contributed by atoms with E-state index in [1.165, 1.54) is 28.4 Å². The van der Waals surface area contributed by atoms with Gasteiger partial charge in [-0.1, -0.05) is 0 Å². The van der Waals surface area contributed by atoms with Crippen molar-refractivity contribution in [3.63, 3.8) is 0 Å². The summed E-state index contributed by atoms with van der Waals surface area (Å²) in [7, 11) is 5.49. The lowest BCUT2D eigenvalue weighted by molar-refractivity contribution is -0.332. The average Bonchev–Trinajstić information content (AvgIpc) is 3.15. The van der Waals surface area contributed by atoms with E-state index in [1.54, 1.807) is 18.2 Å².